The summed E-state index contributed by atoms with van der Waals surface area (Å²) in [5.41, 5.74) is 3.25. The first-order chi connectivity index (χ1) is 18.4. The zero-order chi connectivity index (χ0) is 26.8. The molecule has 3 heterocycles. The second-order valence-electron chi connectivity index (χ2n) is 8.96. The zero-order valence-electron chi connectivity index (χ0n) is 20.9. The van der Waals surface area contributed by atoms with Crippen molar-refractivity contribution in [1.82, 2.24) is 20.2 Å². The van der Waals surface area contributed by atoms with E-state index in [-0.39, 0.29) is 6.54 Å². The number of ether oxygens (including phenoxy) is 1. The van der Waals surface area contributed by atoms with Crippen LogP contribution in [0.4, 0.5) is 13.2 Å². The Labute approximate surface area is 220 Å². The number of benzene rings is 1. The van der Waals surface area contributed by atoms with Gasteiger partial charge >= 0.3 is 6.18 Å². The van der Waals surface area contributed by atoms with E-state index < -0.39 is 12.7 Å². The molecular weight excluding hydrogens is 491 g/mol. The van der Waals surface area contributed by atoms with E-state index in [0.29, 0.717) is 29.5 Å². The molecule has 0 bridgehead atoms. The lowest BCUT2D eigenvalue weighted by atomic mass is 10.1. The maximum Gasteiger partial charge on any atom is 0.406 e. The van der Waals surface area contributed by atoms with Crippen LogP contribution in [0.3, 0.4) is 0 Å². The normalized spacial score (nSPS) is 15.0. The lowest BCUT2D eigenvalue weighted by molar-refractivity contribution is -0.140. The highest BCUT2D eigenvalue weighted by atomic mass is 19.4. The van der Waals surface area contributed by atoms with Gasteiger partial charge in [0.1, 0.15) is 6.54 Å². The molecule has 0 aliphatic carbocycles. The van der Waals surface area contributed by atoms with Gasteiger partial charge in [-0.05, 0) is 60.2 Å². The van der Waals surface area contributed by atoms with Crippen molar-refractivity contribution in [2.45, 2.75) is 38.1 Å². The summed E-state index contributed by atoms with van der Waals surface area (Å²) in [5, 5.41) is 14.8. The van der Waals surface area contributed by atoms with Crippen LogP contribution in [-0.4, -0.2) is 47.7 Å². The van der Waals surface area contributed by atoms with Crippen molar-refractivity contribution in [2.75, 3.05) is 19.8 Å². The third kappa shape index (κ3) is 8.07. The summed E-state index contributed by atoms with van der Waals surface area (Å²) < 4.78 is 46.7. The number of nitrogens with zero attached hydrogens (tertiary/aromatic N) is 2. The lowest BCUT2D eigenvalue weighted by Crippen LogP contribution is -2.34. The van der Waals surface area contributed by atoms with Crippen molar-refractivity contribution in [3.8, 4) is 11.8 Å². The van der Waals surface area contributed by atoms with E-state index in [4.69, 9.17) is 10.1 Å². The van der Waals surface area contributed by atoms with Gasteiger partial charge in [0.05, 0.1) is 17.9 Å². The quantitative estimate of drug-likeness (QED) is 0.209. The van der Waals surface area contributed by atoms with E-state index in [1.54, 1.807) is 36.7 Å². The number of halogens is 3. The van der Waals surface area contributed by atoms with Crippen LogP contribution in [0.2, 0.25) is 0 Å². The molecule has 0 amide bonds. The van der Waals surface area contributed by atoms with E-state index >= 15 is 0 Å². The summed E-state index contributed by atoms with van der Waals surface area (Å²) in [7, 11) is 0. The molecule has 198 valence electrons. The molecule has 0 atom stereocenters. The molecule has 2 aromatic heterocycles. The second kappa shape index (κ2) is 13.1. The number of pyridine rings is 1. The highest BCUT2D eigenvalue weighted by Gasteiger charge is 2.29. The SMILES string of the molecule is N=C/C(=C\C=C\c1cccnc1)NCC#Cc1cc2cc(CNC3CCOCC3)ccc2n1CC(F)(F)F. The maximum absolute atomic E-state index is 13.4. The van der Waals surface area contributed by atoms with Crippen molar-refractivity contribution in [3.63, 3.8) is 0 Å². The smallest absolute Gasteiger partial charge is 0.381 e. The van der Waals surface area contributed by atoms with Crippen LogP contribution in [0.15, 0.2) is 66.6 Å². The number of allylic oxidation sites excluding steroid dienone is 3. The van der Waals surface area contributed by atoms with E-state index in [0.717, 1.165) is 48.8 Å². The van der Waals surface area contributed by atoms with Gasteiger partial charge in [0.2, 0.25) is 0 Å². The largest absolute Gasteiger partial charge is 0.406 e. The highest BCUT2D eigenvalue weighted by molar-refractivity contribution is 5.83. The fraction of sp³-hybridized carbons (Fsp3) is 0.310. The van der Waals surface area contributed by atoms with Crippen molar-refractivity contribution < 1.29 is 17.9 Å². The molecule has 1 aliphatic heterocycles. The fourth-order valence-corrected chi connectivity index (χ4v) is 4.22. The number of fused-ring (bicyclic) bond motifs is 1. The van der Waals surface area contributed by atoms with Crippen molar-refractivity contribution in [3.05, 3.63) is 83.5 Å². The van der Waals surface area contributed by atoms with Gasteiger partial charge in [-0.2, -0.15) is 13.2 Å². The Morgan fingerprint density at radius 3 is 2.79 bits per heavy atom. The predicted molar refractivity (Wildman–Crippen MR) is 144 cm³/mol. The van der Waals surface area contributed by atoms with Crippen LogP contribution in [0.1, 0.15) is 29.7 Å². The van der Waals surface area contributed by atoms with Crippen LogP contribution < -0.4 is 10.6 Å². The fourth-order valence-electron chi connectivity index (χ4n) is 4.22. The minimum absolute atomic E-state index is 0.176. The van der Waals surface area contributed by atoms with Crippen molar-refractivity contribution in [1.29, 1.82) is 5.41 Å². The Kier molecular flexibility index (Phi) is 9.35. The summed E-state index contributed by atoms with van der Waals surface area (Å²) in [6.07, 6.45) is 7.46. The predicted octanol–water partition coefficient (Wildman–Crippen LogP) is 5.06. The third-order valence-corrected chi connectivity index (χ3v) is 6.12. The van der Waals surface area contributed by atoms with Gasteiger partial charge in [-0.25, -0.2) is 0 Å². The number of hydrogen-bond acceptors (Lipinski definition) is 5. The number of alkyl halides is 3. The van der Waals surface area contributed by atoms with Gasteiger partial charge in [-0.1, -0.05) is 30.2 Å². The van der Waals surface area contributed by atoms with Gasteiger partial charge < -0.3 is 25.3 Å². The molecule has 3 N–H and O–H groups in total. The number of hydrogen-bond donors (Lipinski definition) is 3. The Hall–Kier alpha value is -3.87. The third-order valence-electron chi connectivity index (χ3n) is 6.12. The van der Waals surface area contributed by atoms with E-state index in [1.165, 1.54) is 4.57 Å². The Bertz CT molecular complexity index is 1340. The molecule has 38 heavy (non-hydrogen) atoms. The van der Waals surface area contributed by atoms with Crippen LogP contribution in [-0.2, 0) is 17.8 Å². The van der Waals surface area contributed by atoms with Crippen molar-refractivity contribution >= 4 is 23.2 Å². The Morgan fingerprint density at radius 1 is 1.21 bits per heavy atom. The lowest BCUT2D eigenvalue weighted by Gasteiger charge is -2.23. The molecular formula is C29H30F3N5O. The molecule has 4 rings (SSSR count). The van der Waals surface area contributed by atoms with Gasteiger partial charge in [-0.3, -0.25) is 4.98 Å². The average Bonchev–Trinajstić information content (AvgIpc) is 3.24. The standard InChI is InChI=1S/C29H30F3N5O/c30-29(31,32)21-37-27(7-3-13-35-26(18-33)6-1-4-22-5-2-12-34-19-22)17-24-16-23(8-9-28(24)37)20-36-25-10-14-38-15-11-25/h1-2,4-6,8-9,12,16-19,25,33,35-36H,10-11,13-15,20-21H2/b4-1+,26-6+,33-18?. The van der Waals surface area contributed by atoms with Crippen LogP contribution in [0.25, 0.3) is 17.0 Å². The van der Waals surface area contributed by atoms with Gasteiger partial charge in [0.25, 0.3) is 0 Å². The number of rotatable bonds is 9. The highest BCUT2D eigenvalue weighted by Crippen LogP contribution is 2.26. The van der Waals surface area contributed by atoms with Crippen LogP contribution in [0.5, 0.6) is 0 Å². The van der Waals surface area contributed by atoms with Crippen LogP contribution in [0, 0.1) is 17.3 Å². The molecule has 1 saturated heterocycles. The summed E-state index contributed by atoms with van der Waals surface area (Å²) in [5.74, 6) is 5.77. The first kappa shape index (κ1) is 27.2. The molecule has 1 fully saturated rings. The minimum Gasteiger partial charge on any atom is -0.381 e. The molecule has 6 nitrogen and oxygen atoms in total. The van der Waals surface area contributed by atoms with Gasteiger partial charge in [0, 0.05) is 55.3 Å². The molecule has 0 spiro atoms. The molecule has 9 heteroatoms. The second-order valence-corrected chi connectivity index (χ2v) is 8.96. The Balaban J connectivity index is 1.46. The summed E-state index contributed by atoms with van der Waals surface area (Å²) in [6.45, 7) is 1.19. The molecule has 0 saturated carbocycles. The average molecular weight is 522 g/mol. The van der Waals surface area contributed by atoms with Gasteiger partial charge in [-0.15, -0.1) is 0 Å². The molecule has 0 radical (unpaired) electrons. The maximum atomic E-state index is 13.4. The first-order valence-corrected chi connectivity index (χ1v) is 12.4. The van der Waals surface area contributed by atoms with Crippen molar-refractivity contribution in [2.24, 2.45) is 0 Å². The zero-order valence-corrected chi connectivity index (χ0v) is 20.9. The molecule has 1 aromatic carbocycles. The molecule has 0 unspecified atom stereocenters. The molecule has 1 aliphatic rings. The number of nitrogens with one attached hydrogen (secondary N) is 3. The minimum atomic E-state index is -4.37. The van der Waals surface area contributed by atoms with Gasteiger partial charge in [0.15, 0.2) is 0 Å². The van der Waals surface area contributed by atoms with E-state index in [1.807, 2.05) is 30.3 Å². The number of aromatic nitrogens is 2. The summed E-state index contributed by atoms with van der Waals surface area (Å²) in [4.78, 5) is 4.04. The summed E-state index contributed by atoms with van der Waals surface area (Å²) in [6, 6.07) is 11.3. The first-order valence-electron chi connectivity index (χ1n) is 12.4. The summed E-state index contributed by atoms with van der Waals surface area (Å²) >= 11 is 0. The van der Waals surface area contributed by atoms with Crippen LogP contribution >= 0.6 is 0 Å². The monoisotopic (exact) mass is 521 g/mol. The molecule has 3 aromatic rings. The Morgan fingerprint density at radius 2 is 2.05 bits per heavy atom. The van der Waals surface area contributed by atoms with E-state index in [2.05, 4.69) is 27.5 Å². The van der Waals surface area contributed by atoms with E-state index in [9.17, 15) is 13.2 Å². The topological polar surface area (TPSA) is 75.0 Å².